The van der Waals surface area contributed by atoms with Gasteiger partial charge < -0.3 is 15.7 Å². The van der Waals surface area contributed by atoms with Gasteiger partial charge in [0.1, 0.15) is 11.9 Å². The van der Waals surface area contributed by atoms with Gasteiger partial charge in [-0.25, -0.2) is 9.18 Å². The van der Waals surface area contributed by atoms with Gasteiger partial charge in [-0.15, -0.1) is 0 Å². The molecule has 7 heteroatoms. The van der Waals surface area contributed by atoms with Gasteiger partial charge in [-0.05, 0) is 31.0 Å². The number of nitriles is 1. The first kappa shape index (κ1) is 13.8. The molecule has 0 aromatic heterocycles. The van der Waals surface area contributed by atoms with E-state index in [1.807, 2.05) is 0 Å². The van der Waals surface area contributed by atoms with Crippen LogP contribution in [0.4, 0.5) is 14.9 Å². The van der Waals surface area contributed by atoms with Crippen molar-refractivity contribution < 1.29 is 19.1 Å². The second-order valence-electron chi connectivity index (χ2n) is 4.70. The fourth-order valence-corrected chi connectivity index (χ4v) is 1.73. The highest BCUT2D eigenvalue weighted by molar-refractivity contribution is 5.90. The van der Waals surface area contributed by atoms with E-state index >= 15 is 0 Å². The smallest absolute Gasteiger partial charge is 0.319 e. The Bertz CT molecular complexity index is 605. The number of carboxylic acids is 1. The van der Waals surface area contributed by atoms with Crippen LogP contribution in [0.25, 0.3) is 0 Å². The summed E-state index contributed by atoms with van der Waals surface area (Å²) in [4.78, 5) is 22.5. The standard InChI is InChI=1S/C13H12FN3O3/c14-10-2-1-9(5-8(10)6-15)17-12(20)16-7-13(3-4-13)11(18)19/h1-2,5H,3-4,7H2,(H,18,19)(H2,16,17,20). The lowest BCUT2D eigenvalue weighted by Crippen LogP contribution is -2.36. The molecule has 104 valence electrons. The fourth-order valence-electron chi connectivity index (χ4n) is 1.73. The van der Waals surface area contributed by atoms with Crippen LogP contribution in [-0.2, 0) is 4.79 Å². The number of amides is 2. The predicted molar refractivity (Wildman–Crippen MR) is 67.4 cm³/mol. The molecule has 0 radical (unpaired) electrons. The van der Waals surface area contributed by atoms with Crippen LogP contribution in [0.2, 0.25) is 0 Å². The summed E-state index contributed by atoms with van der Waals surface area (Å²) in [5.41, 5.74) is -0.759. The second-order valence-corrected chi connectivity index (χ2v) is 4.70. The largest absolute Gasteiger partial charge is 0.481 e. The zero-order chi connectivity index (χ0) is 14.8. The van der Waals surface area contributed by atoms with Crippen LogP contribution >= 0.6 is 0 Å². The molecule has 2 amide bonds. The number of anilines is 1. The van der Waals surface area contributed by atoms with E-state index in [-0.39, 0.29) is 17.8 Å². The Morgan fingerprint density at radius 2 is 2.15 bits per heavy atom. The molecule has 0 atom stereocenters. The van der Waals surface area contributed by atoms with Crippen LogP contribution in [0.15, 0.2) is 18.2 Å². The maximum Gasteiger partial charge on any atom is 0.319 e. The number of urea groups is 1. The number of nitrogens with zero attached hydrogens (tertiary/aromatic N) is 1. The third kappa shape index (κ3) is 2.85. The zero-order valence-corrected chi connectivity index (χ0v) is 10.4. The van der Waals surface area contributed by atoms with Crippen molar-refractivity contribution in [3.8, 4) is 6.07 Å². The van der Waals surface area contributed by atoms with E-state index in [4.69, 9.17) is 10.4 Å². The first-order valence-electron chi connectivity index (χ1n) is 5.95. The summed E-state index contributed by atoms with van der Waals surface area (Å²) in [7, 11) is 0. The van der Waals surface area contributed by atoms with E-state index in [1.54, 1.807) is 6.07 Å². The van der Waals surface area contributed by atoms with Crippen LogP contribution in [0.5, 0.6) is 0 Å². The number of nitrogens with one attached hydrogen (secondary N) is 2. The van der Waals surface area contributed by atoms with Crippen LogP contribution in [-0.4, -0.2) is 23.7 Å². The minimum Gasteiger partial charge on any atom is -0.481 e. The van der Waals surface area contributed by atoms with Crippen molar-refractivity contribution in [3.63, 3.8) is 0 Å². The summed E-state index contributed by atoms with van der Waals surface area (Å²) in [6.07, 6.45) is 1.08. The second kappa shape index (κ2) is 5.17. The van der Waals surface area contributed by atoms with Crippen molar-refractivity contribution in [2.45, 2.75) is 12.8 Å². The Hall–Kier alpha value is -2.62. The van der Waals surface area contributed by atoms with Gasteiger partial charge in [-0.1, -0.05) is 0 Å². The molecule has 1 saturated carbocycles. The molecule has 1 aliphatic rings. The molecule has 0 saturated heterocycles. The average molecular weight is 277 g/mol. The molecule has 1 aliphatic carbocycles. The van der Waals surface area contributed by atoms with E-state index in [0.29, 0.717) is 12.8 Å². The van der Waals surface area contributed by atoms with Crippen LogP contribution in [0, 0.1) is 22.6 Å². The predicted octanol–water partition coefficient (Wildman–Crippen LogP) is 1.68. The van der Waals surface area contributed by atoms with Crippen molar-refractivity contribution in [2.75, 3.05) is 11.9 Å². The Morgan fingerprint density at radius 3 is 2.70 bits per heavy atom. The summed E-state index contributed by atoms with van der Waals surface area (Å²) >= 11 is 0. The Morgan fingerprint density at radius 1 is 1.45 bits per heavy atom. The van der Waals surface area contributed by atoms with Crippen LogP contribution < -0.4 is 10.6 Å². The van der Waals surface area contributed by atoms with Gasteiger partial charge >= 0.3 is 12.0 Å². The minimum absolute atomic E-state index is 0.0421. The monoisotopic (exact) mass is 277 g/mol. The molecular weight excluding hydrogens is 265 g/mol. The molecule has 0 heterocycles. The van der Waals surface area contributed by atoms with Gasteiger partial charge in [0, 0.05) is 12.2 Å². The number of hydrogen-bond donors (Lipinski definition) is 3. The van der Waals surface area contributed by atoms with Crippen molar-refractivity contribution in [2.24, 2.45) is 5.41 Å². The number of hydrogen-bond acceptors (Lipinski definition) is 3. The van der Waals surface area contributed by atoms with E-state index in [0.717, 1.165) is 6.07 Å². The summed E-state index contributed by atoms with van der Waals surface area (Å²) in [6.45, 7) is 0.0421. The van der Waals surface area contributed by atoms with E-state index in [9.17, 15) is 14.0 Å². The molecule has 2 rings (SSSR count). The van der Waals surface area contributed by atoms with Gasteiger partial charge in [0.05, 0.1) is 11.0 Å². The number of aliphatic carboxylic acids is 1. The average Bonchev–Trinajstić information content (AvgIpc) is 3.20. The number of carbonyl (C=O) groups is 2. The molecule has 20 heavy (non-hydrogen) atoms. The highest BCUT2D eigenvalue weighted by atomic mass is 19.1. The summed E-state index contributed by atoms with van der Waals surface area (Å²) in [5.74, 6) is -1.59. The Kier molecular flexibility index (Phi) is 3.57. The van der Waals surface area contributed by atoms with Crippen molar-refractivity contribution in [1.82, 2.24) is 5.32 Å². The molecule has 1 fully saturated rings. The van der Waals surface area contributed by atoms with Crippen LogP contribution in [0.1, 0.15) is 18.4 Å². The number of halogens is 1. The number of rotatable bonds is 4. The first-order chi connectivity index (χ1) is 9.47. The third-order valence-electron chi connectivity index (χ3n) is 3.24. The highest BCUT2D eigenvalue weighted by Gasteiger charge is 2.50. The Labute approximate surface area is 114 Å². The number of carboxylic acid groups (broad SMARTS) is 1. The molecule has 1 aromatic carbocycles. The maximum atomic E-state index is 13.1. The van der Waals surface area contributed by atoms with Crippen molar-refractivity contribution >= 4 is 17.7 Å². The SMILES string of the molecule is N#Cc1cc(NC(=O)NCC2(C(=O)O)CC2)ccc1F. The van der Waals surface area contributed by atoms with Crippen molar-refractivity contribution in [3.05, 3.63) is 29.6 Å². The van der Waals surface area contributed by atoms with Gasteiger partial charge in [-0.2, -0.15) is 5.26 Å². The molecule has 0 spiro atoms. The molecule has 0 unspecified atom stereocenters. The molecule has 3 N–H and O–H groups in total. The lowest BCUT2D eigenvalue weighted by Gasteiger charge is -2.12. The molecule has 0 aliphatic heterocycles. The highest BCUT2D eigenvalue weighted by Crippen LogP contribution is 2.45. The van der Waals surface area contributed by atoms with E-state index < -0.39 is 23.2 Å². The van der Waals surface area contributed by atoms with Gasteiger partial charge in [0.2, 0.25) is 0 Å². The molecule has 6 nitrogen and oxygen atoms in total. The number of benzene rings is 1. The quantitative estimate of drug-likeness (QED) is 0.779. The summed E-state index contributed by atoms with van der Waals surface area (Å²) in [6, 6.07) is 4.68. The molecule has 1 aromatic rings. The molecular formula is C13H12FN3O3. The fraction of sp³-hybridized carbons (Fsp3) is 0.308. The molecule has 0 bridgehead atoms. The van der Waals surface area contributed by atoms with E-state index in [2.05, 4.69) is 10.6 Å². The zero-order valence-electron chi connectivity index (χ0n) is 10.4. The van der Waals surface area contributed by atoms with Crippen molar-refractivity contribution in [1.29, 1.82) is 5.26 Å². The maximum absolute atomic E-state index is 13.1. The normalized spacial score (nSPS) is 15.0. The van der Waals surface area contributed by atoms with Gasteiger partial charge in [0.15, 0.2) is 0 Å². The van der Waals surface area contributed by atoms with Crippen LogP contribution in [0.3, 0.4) is 0 Å². The third-order valence-corrected chi connectivity index (χ3v) is 3.24. The van der Waals surface area contributed by atoms with Gasteiger partial charge in [-0.3, -0.25) is 4.79 Å². The summed E-state index contributed by atoms with van der Waals surface area (Å²) in [5, 5.41) is 22.5. The first-order valence-corrected chi connectivity index (χ1v) is 5.95. The topological polar surface area (TPSA) is 102 Å². The summed E-state index contributed by atoms with van der Waals surface area (Å²) < 4.78 is 13.1. The minimum atomic E-state index is -0.925. The van der Waals surface area contributed by atoms with Gasteiger partial charge in [0.25, 0.3) is 0 Å². The Balaban J connectivity index is 1.92. The van der Waals surface area contributed by atoms with E-state index in [1.165, 1.54) is 12.1 Å². The number of carbonyl (C=O) groups excluding carboxylic acids is 1. The lowest BCUT2D eigenvalue weighted by molar-refractivity contribution is -0.143. The lowest BCUT2D eigenvalue weighted by atomic mass is 10.1.